The van der Waals surface area contributed by atoms with Gasteiger partial charge in [-0.25, -0.2) is 9.78 Å². The molecule has 0 aliphatic heterocycles. The molecule has 7 heteroatoms. The predicted molar refractivity (Wildman–Crippen MR) is 69.3 cm³/mol. The minimum absolute atomic E-state index is 0.0898. The molecule has 2 rings (SSSR count). The Bertz CT molecular complexity index is 619. The van der Waals surface area contributed by atoms with Gasteiger partial charge < -0.3 is 15.2 Å². The highest BCUT2D eigenvalue weighted by molar-refractivity contribution is 6.30. The smallest absolute Gasteiger partial charge is 0.340 e. The second kappa shape index (κ2) is 5.53. The van der Waals surface area contributed by atoms with Gasteiger partial charge in [0.1, 0.15) is 11.4 Å². The van der Waals surface area contributed by atoms with Crippen molar-refractivity contribution in [3.63, 3.8) is 0 Å². The molecule has 0 atom stereocenters. The Labute approximate surface area is 114 Å². The monoisotopic (exact) mass is 279 g/mol. The van der Waals surface area contributed by atoms with Crippen molar-refractivity contribution in [2.45, 2.75) is 0 Å². The van der Waals surface area contributed by atoms with Crippen molar-refractivity contribution in [2.75, 3.05) is 12.8 Å². The lowest BCUT2D eigenvalue weighted by atomic mass is 10.2. The SMILES string of the molecule is COC(=O)c1ccnc(Oc2cncc(Cl)c2)c1N. The van der Waals surface area contributed by atoms with Crippen molar-refractivity contribution in [2.24, 2.45) is 0 Å². The number of carbonyl (C=O) groups excluding carboxylic acids is 1. The Morgan fingerprint density at radius 2 is 2.21 bits per heavy atom. The first-order chi connectivity index (χ1) is 9.11. The Morgan fingerprint density at radius 1 is 1.42 bits per heavy atom. The molecule has 0 radical (unpaired) electrons. The van der Waals surface area contributed by atoms with Crippen molar-refractivity contribution >= 4 is 23.3 Å². The van der Waals surface area contributed by atoms with Gasteiger partial charge in [0.2, 0.25) is 5.88 Å². The molecule has 6 nitrogen and oxygen atoms in total. The van der Waals surface area contributed by atoms with Gasteiger partial charge in [0.05, 0.1) is 23.9 Å². The lowest BCUT2D eigenvalue weighted by Crippen LogP contribution is -2.07. The van der Waals surface area contributed by atoms with Crippen LogP contribution in [0, 0.1) is 0 Å². The van der Waals surface area contributed by atoms with Gasteiger partial charge in [-0.1, -0.05) is 11.6 Å². The van der Waals surface area contributed by atoms with Crippen molar-refractivity contribution in [1.29, 1.82) is 0 Å². The number of ether oxygens (including phenoxy) is 2. The fourth-order valence-electron chi connectivity index (χ4n) is 1.38. The van der Waals surface area contributed by atoms with Crippen LogP contribution in [0.15, 0.2) is 30.7 Å². The standard InChI is InChI=1S/C12H10ClN3O3/c1-18-12(17)9-2-3-16-11(10(9)14)19-8-4-7(13)5-15-6-8/h2-6H,14H2,1H3. The lowest BCUT2D eigenvalue weighted by Gasteiger charge is -2.09. The molecular weight excluding hydrogens is 270 g/mol. The molecular formula is C12H10ClN3O3. The number of nitrogens with two attached hydrogens (primary N) is 1. The molecule has 0 aromatic carbocycles. The summed E-state index contributed by atoms with van der Waals surface area (Å²) in [6.45, 7) is 0. The maximum atomic E-state index is 11.5. The molecule has 0 amide bonds. The van der Waals surface area contributed by atoms with Gasteiger partial charge in [-0.15, -0.1) is 0 Å². The van der Waals surface area contributed by atoms with E-state index in [2.05, 4.69) is 14.7 Å². The Balaban J connectivity index is 2.33. The molecule has 0 saturated carbocycles. The van der Waals surface area contributed by atoms with E-state index in [4.69, 9.17) is 22.1 Å². The number of carbonyl (C=O) groups is 1. The van der Waals surface area contributed by atoms with Gasteiger partial charge in [-0.3, -0.25) is 4.98 Å². The molecule has 0 fully saturated rings. The summed E-state index contributed by atoms with van der Waals surface area (Å²) in [7, 11) is 1.27. The quantitative estimate of drug-likeness (QED) is 0.867. The molecule has 98 valence electrons. The number of nitrogens with zero attached hydrogens (tertiary/aromatic N) is 2. The van der Waals surface area contributed by atoms with Crippen LogP contribution in [0.2, 0.25) is 5.02 Å². The summed E-state index contributed by atoms with van der Waals surface area (Å²) in [5.74, 6) is -0.102. The second-order valence-electron chi connectivity index (χ2n) is 3.51. The zero-order chi connectivity index (χ0) is 13.8. The summed E-state index contributed by atoms with van der Waals surface area (Å²) in [6.07, 6.45) is 4.32. The number of hydrogen-bond donors (Lipinski definition) is 1. The molecule has 0 bridgehead atoms. The third-order valence-corrected chi connectivity index (χ3v) is 2.46. The Hall–Kier alpha value is -2.34. The number of methoxy groups -OCH3 is 1. The summed E-state index contributed by atoms with van der Waals surface area (Å²) < 4.78 is 10.0. The van der Waals surface area contributed by atoms with Crippen LogP contribution in [0.25, 0.3) is 0 Å². The number of rotatable bonds is 3. The van der Waals surface area contributed by atoms with E-state index in [1.54, 1.807) is 6.07 Å². The summed E-state index contributed by atoms with van der Waals surface area (Å²) in [5.41, 5.74) is 6.08. The molecule has 0 unspecified atom stereocenters. The molecule has 2 aromatic heterocycles. The number of hydrogen-bond acceptors (Lipinski definition) is 6. The number of pyridine rings is 2. The fourth-order valence-corrected chi connectivity index (χ4v) is 1.55. The van der Waals surface area contributed by atoms with Crippen LogP contribution >= 0.6 is 11.6 Å². The molecule has 0 aliphatic rings. The highest BCUT2D eigenvalue weighted by Gasteiger charge is 2.15. The van der Waals surface area contributed by atoms with Gasteiger partial charge >= 0.3 is 5.97 Å². The number of esters is 1. The topological polar surface area (TPSA) is 87.3 Å². The largest absolute Gasteiger partial charge is 0.465 e. The number of aromatic nitrogens is 2. The highest BCUT2D eigenvalue weighted by atomic mass is 35.5. The zero-order valence-electron chi connectivity index (χ0n) is 9.96. The van der Waals surface area contributed by atoms with Crippen LogP contribution in [0.4, 0.5) is 5.69 Å². The summed E-state index contributed by atoms with van der Waals surface area (Å²) in [4.78, 5) is 19.3. The number of nitrogen functional groups attached to an aromatic ring is 1. The van der Waals surface area contributed by atoms with E-state index in [1.807, 2.05) is 0 Å². The van der Waals surface area contributed by atoms with E-state index < -0.39 is 5.97 Å². The van der Waals surface area contributed by atoms with E-state index in [0.717, 1.165) is 0 Å². The predicted octanol–water partition coefficient (Wildman–Crippen LogP) is 2.29. The average molecular weight is 280 g/mol. The molecule has 2 N–H and O–H groups in total. The van der Waals surface area contributed by atoms with Crippen LogP contribution in [0.1, 0.15) is 10.4 Å². The van der Waals surface area contributed by atoms with E-state index in [1.165, 1.54) is 31.8 Å². The van der Waals surface area contributed by atoms with E-state index in [9.17, 15) is 4.79 Å². The fraction of sp³-hybridized carbons (Fsp3) is 0.0833. The van der Waals surface area contributed by atoms with Gasteiger partial charge in [-0.2, -0.15) is 0 Å². The van der Waals surface area contributed by atoms with Crippen LogP contribution in [0.5, 0.6) is 11.6 Å². The van der Waals surface area contributed by atoms with Gasteiger partial charge in [0.15, 0.2) is 0 Å². The first-order valence-corrected chi connectivity index (χ1v) is 5.61. The van der Waals surface area contributed by atoms with Crippen molar-refractivity contribution in [3.05, 3.63) is 41.3 Å². The maximum absolute atomic E-state index is 11.5. The summed E-state index contributed by atoms with van der Waals surface area (Å²) in [6, 6.07) is 3.00. The number of anilines is 1. The summed E-state index contributed by atoms with van der Waals surface area (Å²) in [5, 5.41) is 0.417. The van der Waals surface area contributed by atoms with Crippen LogP contribution in [-0.2, 0) is 4.74 Å². The van der Waals surface area contributed by atoms with Crippen molar-refractivity contribution in [1.82, 2.24) is 9.97 Å². The number of halogens is 1. The molecule has 0 spiro atoms. The minimum atomic E-state index is -0.561. The van der Waals surface area contributed by atoms with E-state index in [0.29, 0.717) is 10.8 Å². The van der Waals surface area contributed by atoms with Crippen LogP contribution < -0.4 is 10.5 Å². The highest BCUT2D eigenvalue weighted by Crippen LogP contribution is 2.28. The normalized spacial score (nSPS) is 10.0. The Kier molecular flexibility index (Phi) is 3.82. The third kappa shape index (κ3) is 2.92. The lowest BCUT2D eigenvalue weighted by molar-refractivity contribution is 0.0601. The van der Waals surface area contributed by atoms with Crippen molar-refractivity contribution in [3.8, 4) is 11.6 Å². The average Bonchev–Trinajstić information content (AvgIpc) is 2.40. The van der Waals surface area contributed by atoms with Gasteiger partial charge in [0, 0.05) is 18.5 Å². The third-order valence-electron chi connectivity index (χ3n) is 2.25. The van der Waals surface area contributed by atoms with E-state index >= 15 is 0 Å². The Morgan fingerprint density at radius 3 is 2.89 bits per heavy atom. The first-order valence-electron chi connectivity index (χ1n) is 5.23. The van der Waals surface area contributed by atoms with E-state index in [-0.39, 0.29) is 17.1 Å². The first kappa shape index (κ1) is 13.1. The second-order valence-corrected chi connectivity index (χ2v) is 3.95. The molecule has 0 saturated heterocycles. The molecule has 2 heterocycles. The van der Waals surface area contributed by atoms with Crippen molar-refractivity contribution < 1.29 is 14.3 Å². The molecule has 2 aromatic rings. The summed E-state index contributed by atoms with van der Waals surface area (Å²) >= 11 is 5.79. The maximum Gasteiger partial charge on any atom is 0.340 e. The minimum Gasteiger partial charge on any atom is -0.465 e. The zero-order valence-corrected chi connectivity index (χ0v) is 10.7. The van der Waals surface area contributed by atoms with Gasteiger partial charge in [-0.05, 0) is 6.07 Å². The molecule has 0 aliphatic carbocycles. The molecule has 19 heavy (non-hydrogen) atoms. The van der Waals surface area contributed by atoms with Crippen LogP contribution in [-0.4, -0.2) is 23.0 Å². The van der Waals surface area contributed by atoms with Crippen LogP contribution in [0.3, 0.4) is 0 Å². The van der Waals surface area contributed by atoms with Gasteiger partial charge in [0.25, 0.3) is 0 Å².